The van der Waals surface area contributed by atoms with Crippen LogP contribution in [0.3, 0.4) is 0 Å². The highest BCUT2D eigenvalue weighted by atomic mass is 16.5. The highest BCUT2D eigenvalue weighted by molar-refractivity contribution is 5.26. The zero-order chi connectivity index (χ0) is 12.3. The molecule has 4 heteroatoms. The lowest BCUT2D eigenvalue weighted by molar-refractivity contribution is 0.146. The molecule has 0 saturated heterocycles. The van der Waals surface area contributed by atoms with E-state index in [1.807, 2.05) is 7.05 Å². The number of nitrogens with zero attached hydrogens (tertiary/aromatic N) is 2. The Morgan fingerprint density at radius 3 is 2.82 bits per heavy atom. The molecular formula is C13H21N3O. The lowest BCUT2D eigenvalue weighted by Gasteiger charge is -2.13. The van der Waals surface area contributed by atoms with E-state index >= 15 is 0 Å². The SMILES string of the molecule is CNC(C)Cc1nc(C)c2c(n1)CCOCC2. The van der Waals surface area contributed by atoms with Gasteiger partial charge in [0.25, 0.3) is 0 Å². The smallest absolute Gasteiger partial charge is 0.130 e. The van der Waals surface area contributed by atoms with E-state index in [1.165, 1.54) is 11.3 Å². The monoisotopic (exact) mass is 235 g/mol. The molecule has 0 aromatic carbocycles. The summed E-state index contributed by atoms with van der Waals surface area (Å²) in [4.78, 5) is 9.30. The van der Waals surface area contributed by atoms with Gasteiger partial charge in [-0.2, -0.15) is 0 Å². The number of fused-ring (bicyclic) bond motifs is 1. The van der Waals surface area contributed by atoms with Crippen molar-refractivity contribution in [3.8, 4) is 0 Å². The zero-order valence-electron chi connectivity index (χ0n) is 10.9. The summed E-state index contributed by atoms with van der Waals surface area (Å²) in [6.07, 6.45) is 2.74. The van der Waals surface area contributed by atoms with Crippen molar-refractivity contribution in [2.75, 3.05) is 20.3 Å². The largest absolute Gasteiger partial charge is 0.381 e. The van der Waals surface area contributed by atoms with Crippen molar-refractivity contribution >= 4 is 0 Å². The molecular weight excluding hydrogens is 214 g/mol. The molecule has 1 aliphatic rings. The first-order valence-electron chi connectivity index (χ1n) is 6.31. The first-order valence-corrected chi connectivity index (χ1v) is 6.31. The Morgan fingerprint density at radius 1 is 1.29 bits per heavy atom. The number of aryl methyl sites for hydroxylation is 1. The van der Waals surface area contributed by atoms with Gasteiger partial charge in [-0.25, -0.2) is 9.97 Å². The van der Waals surface area contributed by atoms with Crippen LogP contribution in [0.2, 0.25) is 0 Å². The molecule has 0 fully saturated rings. The lowest BCUT2D eigenvalue weighted by atomic mass is 10.1. The van der Waals surface area contributed by atoms with Crippen molar-refractivity contribution in [1.29, 1.82) is 0 Å². The van der Waals surface area contributed by atoms with Crippen LogP contribution in [0, 0.1) is 6.92 Å². The number of nitrogens with one attached hydrogen (secondary N) is 1. The molecule has 0 aliphatic carbocycles. The predicted octanol–water partition coefficient (Wildman–Crippen LogP) is 1.05. The van der Waals surface area contributed by atoms with Crippen LogP contribution in [0.1, 0.15) is 29.7 Å². The molecule has 17 heavy (non-hydrogen) atoms. The molecule has 1 atom stereocenters. The number of hydrogen-bond donors (Lipinski definition) is 1. The van der Waals surface area contributed by atoms with E-state index in [9.17, 15) is 0 Å². The second-order valence-electron chi connectivity index (χ2n) is 4.66. The van der Waals surface area contributed by atoms with Crippen molar-refractivity contribution in [3.63, 3.8) is 0 Å². The van der Waals surface area contributed by atoms with E-state index < -0.39 is 0 Å². The van der Waals surface area contributed by atoms with Crippen molar-refractivity contribution in [2.45, 2.75) is 39.2 Å². The maximum absolute atomic E-state index is 5.49. The van der Waals surface area contributed by atoms with E-state index in [4.69, 9.17) is 9.72 Å². The molecule has 4 nitrogen and oxygen atoms in total. The Kier molecular flexibility index (Phi) is 4.07. The summed E-state index contributed by atoms with van der Waals surface area (Å²) < 4.78 is 5.49. The van der Waals surface area contributed by atoms with Crippen LogP contribution in [0.25, 0.3) is 0 Å². The van der Waals surface area contributed by atoms with Crippen molar-refractivity contribution in [2.24, 2.45) is 0 Å². The first kappa shape index (κ1) is 12.5. The van der Waals surface area contributed by atoms with Crippen molar-refractivity contribution < 1.29 is 4.74 Å². The van der Waals surface area contributed by atoms with E-state index in [1.54, 1.807) is 0 Å². The number of rotatable bonds is 3. The summed E-state index contributed by atoms with van der Waals surface area (Å²) in [7, 11) is 1.97. The Labute approximate surface area is 103 Å². The molecule has 94 valence electrons. The standard InChI is InChI=1S/C13H21N3O/c1-9(14-3)8-13-15-10(2)11-4-6-17-7-5-12(11)16-13/h9,14H,4-8H2,1-3H3. The minimum Gasteiger partial charge on any atom is -0.381 e. The van der Waals surface area contributed by atoms with Gasteiger partial charge in [-0.1, -0.05) is 0 Å². The fourth-order valence-electron chi connectivity index (χ4n) is 2.16. The average Bonchev–Trinajstić information content (AvgIpc) is 2.54. The third-order valence-electron chi connectivity index (χ3n) is 3.31. The minimum atomic E-state index is 0.412. The molecule has 1 unspecified atom stereocenters. The van der Waals surface area contributed by atoms with Gasteiger partial charge in [0.1, 0.15) is 5.82 Å². The first-order chi connectivity index (χ1) is 8.20. The fraction of sp³-hybridized carbons (Fsp3) is 0.692. The van der Waals surface area contributed by atoms with Crippen LogP contribution in [-0.4, -0.2) is 36.3 Å². The van der Waals surface area contributed by atoms with Gasteiger partial charge in [-0.15, -0.1) is 0 Å². The normalized spacial score (nSPS) is 17.4. The Morgan fingerprint density at radius 2 is 2.06 bits per heavy atom. The number of hydrogen-bond acceptors (Lipinski definition) is 4. The maximum atomic E-state index is 5.49. The second-order valence-corrected chi connectivity index (χ2v) is 4.66. The van der Waals surface area contributed by atoms with Crippen LogP contribution in [0.15, 0.2) is 0 Å². The molecule has 1 aromatic rings. The Balaban J connectivity index is 2.25. The van der Waals surface area contributed by atoms with Crippen LogP contribution < -0.4 is 5.32 Å². The zero-order valence-corrected chi connectivity index (χ0v) is 10.9. The van der Waals surface area contributed by atoms with Gasteiger partial charge in [-0.05, 0) is 32.9 Å². The topological polar surface area (TPSA) is 47.0 Å². The van der Waals surface area contributed by atoms with E-state index in [0.717, 1.165) is 44.0 Å². The van der Waals surface area contributed by atoms with E-state index in [0.29, 0.717) is 6.04 Å². The number of likely N-dealkylation sites (N-methyl/N-ethyl adjacent to an activating group) is 1. The Bertz CT molecular complexity index is 392. The molecule has 0 spiro atoms. The van der Waals surface area contributed by atoms with Gasteiger partial charge in [0, 0.05) is 30.3 Å². The number of aromatic nitrogens is 2. The molecule has 2 heterocycles. The van der Waals surface area contributed by atoms with E-state index in [-0.39, 0.29) is 0 Å². The predicted molar refractivity (Wildman–Crippen MR) is 67.2 cm³/mol. The second kappa shape index (κ2) is 5.56. The quantitative estimate of drug-likeness (QED) is 0.850. The van der Waals surface area contributed by atoms with Gasteiger partial charge in [0.15, 0.2) is 0 Å². The van der Waals surface area contributed by atoms with Crippen LogP contribution in [0.4, 0.5) is 0 Å². The molecule has 0 radical (unpaired) electrons. The summed E-state index contributed by atoms with van der Waals surface area (Å²) in [6.45, 7) is 5.81. The molecule has 0 bridgehead atoms. The van der Waals surface area contributed by atoms with E-state index in [2.05, 4.69) is 24.1 Å². The average molecular weight is 235 g/mol. The molecule has 0 saturated carbocycles. The van der Waals surface area contributed by atoms with Crippen LogP contribution in [0.5, 0.6) is 0 Å². The van der Waals surface area contributed by atoms with Gasteiger partial charge in [0.05, 0.1) is 13.2 Å². The summed E-state index contributed by atoms with van der Waals surface area (Å²) in [5.74, 6) is 0.949. The summed E-state index contributed by atoms with van der Waals surface area (Å²) in [5, 5.41) is 3.22. The van der Waals surface area contributed by atoms with Gasteiger partial charge in [-0.3, -0.25) is 0 Å². The molecule has 1 N–H and O–H groups in total. The summed E-state index contributed by atoms with van der Waals surface area (Å²) >= 11 is 0. The molecule has 1 aromatic heterocycles. The summed E-state index contributed by atoms with van der Waals surface area (Å²) in [6, 6.07) is 0.412. The van der Waals surface area contributed by atoms with Crippen molar-refractivity contribution in [1.82, 2.24) is 15.3 Å². The Hall–Kier alpha value is -1.00. The molecule has 0 amide bonds. The van der Waals surface area contributed by atoms with Crippen molar-refractivity contribution in [3.05, 3.63) is 22.8 Å². The van der Waals surface area contributed by atoms with Crippen LogP contribution in [-0.2, 0) is 24.0 Å². The van der Waals surface area contributed by atoms with Gasteiger partial charge in [0.2, 0.25) is 0 Å². The minimum absolute atomic E-state index is 0.412. The maximum Gasteiger partial charge on any atom is 0.130 e. The lowest BCUT2D eigenvalue weighted by Crippen LogP contribution is -2.25. The third kappa shape index (κ3) is 3.01. The third-order valence-corrected chi connectivity index (χ3v) is 3.31. The summed E-state index contributed by atoms with van der Waals surface area (Å²) in [5.41, 5.74) is 3.61. The van der Waals surface area contributed by atoms with Gasteiger partial charge >= 0.3 is 0 Å². The highest BCUT2D eigenvalue weighted by Gasteiger charge is 2.15. The van der Waals surface area contributed by atoms with Gasteiger partial charge < -0.3 is 10.1 Å². The number of ether oxygens (including phenoxy) is 1. The fourth-order valence-corrected chi connectivity index (χ4v) is 2.16. The highest BCUT2D eigenvalue weighted by Crippen LogP contribution is 2.16. The molecule has 2 rings (SSSR count). The molecule has 1 aliphatic heterocycles. The van der Waals surface area contributed by atoms with Crippen LogP contribution >= 0.6 is 0 Å².